The monoisotopic (exact) mass is 358 g/mol. The summed E-state index contributed by atoms with van der Waals surface area (Å²) in [6.07, 6.45) is 11.4. The van der Waals surface area contributed by atoms with Gasteiger partial charge >= 0.3 is 0 Å². The Hall–Kier alpha value is -1.58. The topological polar surface area (TPSA) is 58.2 Å². The molecule has 4 nitrogen and oxygen atoms in total. The van der Waals surface area contributed by atoms with Crippen molar-refractivity contribution in [3.63, 3.8) is 0 Å². The number of rotatable bonds is 4. The highest BCUT2D eigenvalue weighted by Gasteiger charge is 2.33. The van der Waals surface area contributed by atoms with E-state index >= 15 is 0 Å². The van der Waals surface area contributed by atoms with Gasteiger partial charge in [-0.3, -0.25) is 9.59 Å². The smallest absolute Gasteiger partial charge is 0.157 e. The molecular formula is C22H34N2O2. The first-order chi connectivity index (χ1) is 12.1. The fourth-order valence-electron chi connectivity index (χ4n) is 4.83. The van der Waals surface area contributed by atoms with E-state index in [9.17, 15) is 9.59 Å². The first-order valence-electron chi connectivity index (χ1n) is 10.1. The predicted octanol–water partition coefficient (Wildman–Crippen LogP) is 4.02. The molecule has 0 aromatic heterocycles. The fraction of sp³-hybridized carbons (Fsp3) is 0.727. The Labute approximate surface area is 157 Å². The van der Waals surface area contributed by atoms with Gasteiger partial charge in [0.1, 0.15) is 0 Å². The minimum absolute atomic E-state index is 0.0358. The molecular weight excluding hydrogens is 324 g/mol. The van der Waals surface area contributed by atoms with Crippen LogP contribution in [0.15, 0.2) is 23.5 Å². The molecule has 0 aromatic rings. The lowest BCUT2D eigenvalue weighted by molar-refractivity contribution is -0.118. The van der Waals surface area contributed by atoms with Crippen LogP contribution in [0.25, 0.3) is 0 Å². The zero-order chi connectivity index (χ0) is 18.9. The van der Waals surface area contributed by atoms with Gasteiger partial charge in [0.2, 0.25) is 0 Å². The third kappa shape index (κ3) is 4.99. The van der Waals surface area contributed by atoms with E-state index < -0.39 is 0 Å². The van der Waals surface area contributed by atoms with Crippen LogP contribution in [-0.2, 0) is 9.59 Å². The van der Waals surface area contributed by atoms with Crippen molar-refractivity contribution in [2.45, 2.75) is 91.1 Å². The molecule has 2 atom stereocenters. The van der Waals surface area contributed by atoms with E-state index in [0.29, 0.717) is 24.9 Å². The lowest BCUT2D eigenvalue weighted by Crippen LogP contribution is -2.50. The Morgan fingerprint density at radius 1 is 0.731 bits per heavy atom. The van der Waals surface area contributed by atoms with Gasteiger partial charge in [-0.2, -0.15) is 0 Å². The van der Waals surface area contributed by atoms with Crippen molar-refractivity contribution >= 4 is 11.6 Å². The Kier molecular flexibility index (Phi) is 5.32. The Morgan fingerprint density at radius 2 is 1.12 bits per heavy atom. The zero-order valence-corrected chi connectivity index (χ0v) is 16.8. The van der Waals surface area contributed by atoms with Crippen molar-refractivity contribution in [1.82, 2.24) is 10.6 Å². The number of carbonyl (C=O) groups excluding carboxylic acids is 2. The molecule has 144 valence electrons. The Bertz CT molecular complexity index is 587. The average Bonchev–Trinajstić information content (AvgIpc) is 2.45. The molecule has 1 fully saturated rings. The number of hydrogen-bond acceptors (Lipinski definition) is 4. The molecule has 3 aliphatic carbocycles. The highest BCUT2D eigenvalue weighted by Crippen LogP contribution is 2.35. The van der Waals surface area contributed by atoms with Crippen molar-refractivity contribution in [3.05, 3.63) is 23.5 Å². The highest BCUT2D eigenvalue weighted by molar-refractivity contribution is 5.92. The van der Waals surface area contributed by atoms with E-state index in [4.69, 9.17) is 0 Å². The highest BCUT2D eigenvalue weighted by atomic mass is 16.1. The molecule has 0 spiro atoms. The van der Waals surface area contributed by atoms with E-state index in [1.807, 2.05) is 12.2 Å². The lowest BCUT2D eigenvalue weighted by atomic mass is 9.77. The number of ketones is 2. The van der Waals surface area contributed by atoms with Crippen molar-refractivity contribution in [2.75, 3.05) is 0 Å². The van der Waals surface area contributed by atoms with Gasteiger partial charge in [-0.15, -0.1) is 0 Å². The molecule has 0 aromatic carbocycles. The Morgan fingerprint density at radius 3 is 1.46 bits per heavy atom. The minimum atomic E-state index is 0.0358. The second-order valence-electron chi connectivity index (χ2n) is 10.1. The third-order valence-corrected chi connectivity index (χ3v) is 5.82. The second kappa shape index (κ2) is 7.21. The molecule has 2 N–H and O–H groups in total. The van der Waals surface area contributed by atoms with Crippen LogP contribution in [0.5, 0.6) is 0 Å². The molecule has 0 amide bonds. The van der Waals surface area contributed by atoms with Crippen molar-refractivity contribution < 1.29 is 9.59 Å². The summed E-state index contributed by atoms with van der Waals surface area (Å²) in [7, 11) is 0. The standard InChI is InChI=1S/C22H34N2O2/c1-21(2)11-15(9-17(25)13-21)23-19-7-5-6-8-20(19)24-16-10-18(26)14-22(3,4)12-16/h9-10,19-20,23-24H,5-8,11-14H2,1-4H3/t19-,20-/m1/s1. The first-order valence-corrected chi connectivity index (χ1v) is 10.1. The summed E-state index contributed by atoms with van der Waals surface area (Å²) in [5.41, 5.74) is 2.24. The van der Waals surface area contributed by atoms with Gasteiger partial charge in [-0.05, 0) is 36.5 Å². The van der Waals surface area contributed by atoms with Crippen LogP contribution in [0.2, 0.25) is 0 Å². The molecule has 4 heteroatoms. The molecule has 0 bridgehead atoms. The fourth-order valence-corrected chi connectivity index (χ4v) is 4.83. The van der Waals surface area contributed by atoms with Crippen LogP contribution in [0.1, 0.15) is 79.1 Å². The molecule has 0 unspecified atom stereocenters. The van der Waals surface area contributed by atoms with Crippen molar-refractivity contribution in [2.24, 2.45) is 10.8 Å². The molecule has 3 rings (SSSR count). The summed E-state index contributed by atoms with van der Waals surface area (Å²) < 4.78 is 0. The number of nitrogens with one attached hydrogen (secondary N) is 2. The molecule has 26 heavy (non-hydrogen) atoms. The van der Waals surface area contributed by atoms with Crippen molar-refractivity contribution in [1.29, 1.82) is 0 Å². The van der Waals surface area contributed by atoms with E-state index in [1.54, 1.807) is 0 Å². The summed E-state index contributed by atoms with van der Waals surface area (Å²) in [5.74, 6) is 0.456. The largest absolute Gasteiger partial charge is 0.383 e. The van der Waals surface area contributed by atoms with Gasteiger partial charge < -0.3 is 10.6 Å². The molecule has 0 radical (unpaired) electrons. The third-order valence-electron chi connectivity index (χ3n) is 5.82. The normalized spacial score (nSPS) is 31.1. The van der Waals surface area contributed by atoms with Crippen LogP contribution in [0.4, 0.5) is 0 Å². The van der Waals surface area contributed by atoms with Gasteiger partial charge in [0.25, 0.3) is 0 Å². The number of carbonyl (C=O) groups is 2. The van der Waals surface area contributed by atoms with Crippen molar-refractivity contribution in [3.8, 4) is 0 Å². The SMILES string of the molecule is CC1(C)CC(=O)C=C(N[C@@H]2CCCC[C@H]2NC2=CC(=O)CC(C)(C)C2)C1. The maximum absolute atomic E-state index is 12.1. The van der Waals surface area contributed by atoms with Gasteiger partial charge in [0, 0.05) is 48.5 Å². The molecule has 0 aliphatic heterocycles. The van der Waals surface area contributed by atoms with E-state index in [1.165, 1.54) is 12.8 Å². The molecule has 0 saturated heterocycles. The average molecular weight is 359 g/mol. The Balaban J connectivity index is 1.69. The first kappa shape index (κ1) is 19.2. The maximum atomic E-state index is 12.1. The minimum Gasteiger partial charge on any atom is -0.383 e. The second-order valence-corrected chi connectivity index (χ2v) is 10.1. The predicted molar refractivity (Wildman–Crippen MR) is 105 cm³/mol. The molecule has 3 aliphatic rings. The van der Waals surface area contributed by atoms with E-state index in [2.05, 4.69) is 38.3 Å². The summed E-state index contributed by atoms with van der Waals surface area (Å²) in [4.78, 5) is 24.1. The van der Waals surface area contributed by atoms with E-state index in [0.717, 1.165) is 37.1 Å². The van der Waals surface area contributed by atoms with Crippen LogP contribution in [-0.4, -0.2) is 23.7 Å². The van der Waals surface area contributed by atoms with Crippen LogP contribution in [0, 0.1) is 10.8 Å². The van der Waals surface area contributed by atoms with Crippen LogP contribution in [0.3, 0.4) is 0 Å². The van der Waals surface area contributed by atoms with Crippen LogP contribution < -0.4 is 10.6 Å². The van der Waals surface area contributed by atoms with E-state index in [-0.39, 0.29) is 22.4 Å². The molecule has 0 heterocycles. The summed E-state index contributed by atoms with van der Waals surface area (Å²) >= 11 is 0. The lowest BCUT2D eigenvalue weighted by Gasteiger charge is -2.39. The zero-order valence-electron chi connectivity index (χ0n) is 16.8. The number of hydrogen-bond donors (Lipinski definition) is 2. The van der Waals surface area contributed by atoms with Gasteiger partial charge in [-0.25, -0.2) is 0 Å². The van der Waals surface area contributed by atoms with Gasteiger partial charge in [0.15, 0.2) is 11.6 Å². The quantitative estimate of drug-likeness (QED) is 0.797. The summed E-state index contributed by atoms with van der Waals surface area (Å²) in [5, 5.41) is 7.36. The number of allylic oxidation sites excluding steroid dienone is 4. The van der Waals surface area contributed by atoms with Gasteiger partial charge in [-0.1, -0.05) is 40.5 Å². The maximum Gasteiger partial charge on any atom is 0.157 e. The summed E-state index contributed by atoms with van der Waals surface area (Å²) in [6.45, 7) is 8.65. The van der Waals surface area contributed by atoms with Crippen LogP contribution >= 0.6 is 0 Å². The van der Waals surface area contributed by atoms with Gasteiger partial charge in [0.05, 0.1) is 0 Å². The summed E-state index contributed by atoms with van der Waals surface area (Å²) in [6, 6.07) is 0.635. The molecule has 1 saturated carbocycles.